The Bertz CT molecular complexity index is 983. The highest BCUT2D eigenvalue weighted by Crippen LogP contribution is 2.57. The first kappa shape index (κ1) is 19.8. The summed E-state index contributed by atoms with van der Waals surface area (Å²) >= 11 is 0. The van der Waals surface area contributed by atoms with Crippen molar-refractivity contribution in [2.45, 2.75) is 64.0 Å². The molecule has 0 spiro atoms. The van der Waals surface area contributed by atoms with Crippen LogP contribution in [0.15, 0.2) is 35.1 Å². The van der Waals surface area contributed by atoms with Crippen LogP contribution < -0.4 is 5.56 Å². The summed E-state index contributed by atoms with van der Waals surface area (Å²) in [5.74, 6) is 1.77. The van der Waals surface area contributed by atoms with Crippen LogP contribution >= 0.6 is 0 Å². The van der Waals surface area contributed by atoms with Crippen molar-refractivity contribution in [3.8, 4) is 0 Å². The molecule has 1 aromatic rings. The smallest absolute Gasteiger partial charge is 0.310 e. The van der Waals surface area contributed by atoms with Gasteiger partial charge in [-0.05, 0) is 61.8 Å². The lowest BCUT2D eigenvalue weighted by molar-refractivity contribution is -0.146. The predicted octanol–water partition coefficient (Wildman–Crippen LogP) is 3.58. The van der Waals surface area contributed by atoms with Crippen molar-refractivity contribution in [2.75, 3.05) is 19.6 Å². The number of fused-ring (bicyclic) bond motifs is 6. The maximum Gasteiger partial charge on any atom is 0.310 e. The maximum atomic E-state index is 13.0. The van der Waals surface area contributed by atoms with E-state index in [9.17, 15) is 9.59 Å². The molecule has 5 aliphatic rings. The van der Waals surface area contributed by atoms with E-state index in [0.717, 1.165) is 51.9 Å². The zero-order valence-corrected chi connectivity index (χ0v) is 18.6. The molecule has 5 heteroatoms. The lowest BCUT2D eigenvalue weighted by Gasteiger charge is -2.50. The average molecular weight is 423 g/mol. The van der Waals surface area contributed by atoms with Gasteiger partial charge in [0.1, 0.15) is 6.10 Å². The number of pyridine rings is 1. The molecule has 2 saturated carbocycles. The first-order chi connectivity index (χ1) is 14.9. The zero-order chi connectivity index (χ0) is 21.3. The van der Waals surface area contributed by atoms with E-state index in [1.54, 1.807) is 6.07 Å². The quantitative estimate of drug-likeness (QED) is 0.540. The average Bonchev–Trinajstić information content (AvgIpc) is 3.01. The number of nitrogens with zero attached hydrogens (tertiary/aromatic N) is 2. The first-order valence-corrected chi connectivity index (χ1v) is 12.2. The summed E-state index contributed by atoms with van der Waals surface area (Å²) in [5, 5.41) is 0. The minimum absolute atomic E-state index is 0.0129. The number of hydrogen-bond acceptors (Lipinski definition) is 4. The van der Waals surface area contributed by atoms with E-state index in [4.69, 9.17) is 4.74 Å². The molecular weight excluding hydrogens is 388 g/mol. The zero-order valence-electron chi connectivity index (χ0n) is 18.6. The normalized spacial score (nSPS) is 41.8. The molecule has 0 N–H and O–H groups in total. The fourth-order valence-electron chi connectivity index (χ4n) is 7.89. The van der Waals surface area contributed by atoms with Crippen molar-refractivity contribution in [2.24, 2.45) is 29.1 Å². The van der Waals surface area contributed by atoms with Crippen LogP contribution in [-0.4, -0.2) is 41.2 Å². The van der Waals surface area contributed by atoms with Crippen molar-refractivity contribution < 1.29 is 9.53 Å². The van der Waals surface area contributed by atoms with Crippen molar-refractivity contribution in [1.82, 2.24) is 9.47 Å². The van der Waals surface area contributed by atoms with Gasteiger partial charge in [0.15, 0.2) is 0 Å². The van der Waals surface area contributed by atoms with Crippen molar-refractivity contribution >= 4 is 5.97 Å². The Morgan fingerprint density at radius 2 is 2.06 bits per heavy atom. The summed E-state index contributed by atoms with van der Waals surface area (Å²) in [7, 11) is 0. The van der Waals surface area contributed by atoms with Crippen LogP contribution in [0, 0.1) is 29.1 Å². The maximum absolute atomic E-state index is 13.0. The van der Waals surface area contributed by atoms with Gasteiger partial charge < -0.3 is 14.2 Å². The summed E-state index contributed by atoms with van der Waals surface area (Å²) in [6.45, 7) is 10.3. The van der Waals surface area contributed by atoms with Crippen LogP contribution in [0.5, 0.6) is 0 Å². The molecule has 5 nitrogen and oxygen atoms in total. The third kappa shape index (κ3) is 3.14. The summed E-state index contributed by atoms with van der Waals surface area (Å²) < 4.78 is 7.97. The van der Waals surface area contributed by atoms with E-state index in [1.807, 2.05) is 10.6 Å². The number of hydrogen-bond donors (Lipinski definition) is 0. The third-order valence-electron chi connectivity index (χ3n) is 9.33. The third-order valence-corrected chi connectivity index (χ3v) is 9.33. The molecule has 0 unspecified atom stereocenters. The molecule has 4 heterocycles. The molecule has 31 heavy (non-hydrogen) atoms. The van der Waals surface area contributed by atoms with E-state index in [-0.39, 0.29) is 29.0 Å². The van der Waals surface area contributed by atoms with Crippen molar-refractivity contribution in [3.63, 3.8) is 0 Å². The van der Waals surface area contributed by atoms with Crippen LogP contribution in [0.1, 0.15) is 57.1 Å². The molecule has 6 rings (SSSR count). The van der Waals surface area contributed by atoms with Gasteiger partial charge in [0.2, 0.25) is 0 Å². The van der Waals surface area contributed by atoms with Gasteiger partial charge in [-0.2, -0.15) is 0 Å². The summed E-state index contributed by atoms with van der Waals surface area (Å²) in [6, 6.07) is 5.68. The van der Waals surface area contributed by atoms with Crippen LogP contribution in [0.4, 0.5) is 0 Å². The van der Waals surface area contributed by atoms with E-state index < -0.39 is 0 Å². The Balaban J connectivity index is 1.20. The summed E-state index contributed by atoms with van der Waals surface area (Å²) in [6.07, 6.45) is 6.92. The number of likely N-dealkylation sites (tertiary alicyclic amines) is 1. The van der Waals surface area contributed by atoms with Crippen LogP contribution in [-0.2, 0) is 16.1 Å². The van der Waals surface area contributed by atoms with E-state index in [1.165, 1.54) is 24.1 Å². The molecule has 0 amide bonds. The minimum atomic E-state index is -0.0129. The van der Waals surface area contributed by atoms with Gasteiger partial charge in [0.25, 0.3) is 5.56 Å². The summed E-state index contributed by atoms with van der Waals surface area (Å²) in [5.41, 5.74) is 2.96. The molecule has 1 aromatic heterocycles. The summed E-state index contributed by atoms with van der Waals surface area (Å²) in [4.78, 5) is 27.8. The topological polar surface area (TPSA) is 51.5 Å². The Kier molecular flexibility index (Phi) is 4.51. The Labute approximate surface area is 184 Å². The van der Waals surface area contributed by atoms with Gasteiger partial charge in [-0.15, -0.1) is 0 Å². The fourth-order valence-corrected chi connectivity index (χ4v) is 7.89. The number of esters is 1. The molecule has 3 aliphatic heterocycles. The first-order valence-electron chi connectivity index (χ1n) is 12.2. The van der Waals surface area contributed by atoms with Crippen molar-refractivity contribution in [3.05, 3.63) is 46.4 Å². The monoisotopic (exact) mass is 422 g/mol. The van der Waals surface area contributed by atoms with E-state index in [2.05, 4.69) is 24.5 Å². The second-order valence-corrected chi connectivity index (χ2v) is 11.3. The molecule has 166 valence electrons. The number of carbonyl (C=O) groups is 1. The molecule has 2 aliphatic carbocycles. The second kappa shape index (κ2) is 7.06. The highest BCUT2D eigenvalue weighted by Gasteiger charge is 2.55. The second-order valence-electron chi connectivity index (χ2n) is 11.3. The molecule has 7 atom stereocenters. The number of piperidine rings is 1. The molecular formula is C26H34N2O3. The van der Waals surface area contributed by atoms with Gasteiger partial charge in [-0.25, -0.2) is 0 Å². The highest BCUT2D eigenvalue weighted by molar-refractivity contribution is 5.75. The van der Waals surface area contributed by atoms with Crippen LogP contribution in [0.25, 0.3) is 0 Å². The number of rotatable bonds is 2. The number of carbonyl (C=O) groups excluding carboxylic acids is 1. The number of allylic oxidation sites excluding steroid dienone is 1. The van der Waals surface area contributed by atoms with E-state index in [0.29, 0.717) is 23.7 Å². The molecule has 4 fully saturated rings. The molecule has 0 radical (unpaired) electrons. The molecule has 2 bridgehead atoms. The Morgan fingerprint density at radius 1 is 1.19 bits per heavy atom. The molecule has 2 saturated heterocycles. The standard InChI is InChI=1S/C26H34N2O3/c1-16-5-4-8-26(2)11-23-19(10-21(16)26)20(25(30)31-23)15-27-12-17-9-18(14-27)22-6-3-7-24(29)28(22)13-17/h3,6-7,17-21,23H,1,4-5,8-15H2,2H3/t17-,18-,19-,20+,21+,23-,26-/m1/s1. The Morgan fingerprint density at radius 3 is 2.94 bits per heavy atom. The minimum Gasteiger partial charge on any atom is -0.462 e. The molecule has 0 aromatic carbocycles. The van der Waals surface area contributed by atoms with Crippen LogP contribution in [0.2, 0.25) is 0 Å². The van der Waals surface area contributed by atoms with E-state index >= 15 is 0 Å². The predicted molar refractivity (Wildman–Crippen MR) is 119 cm³/mol. The van der Waals surface area contributed by atoms with Gasteiger partial charge in [-0.1, -0.05) is 25.1 Å². The van der Waals surface area contributed by atoms with Gasteiger partial charge >= 0.3 is 5.97 Å². The van der Waals surface area contributed by atoms with Crippen LogP contribution in [0.3, 0.4) is 0 Å². The van der Waals surface area contributed by atoms with Gasteiger partial charge in [0, 0.05) is 49.8 Å². The van der Waals surface area contributed by atoms with Gasteiger partial charge in [0.05, 0.1) is 5.92 Å². The number of aromatic nitrogens is 1. The SMILES string of the molecule is C=C1CCC[C@]2(C)C[C@H]3OC(=O)[C@@H](CN4C[C@H]5C[C@H](C4)c4cccc(=O)n4C5)[C@H]3C[C@@H]12. The largest absolute Gasteiger partial charge is 0.462 e. The van der Waals surface area contributed by atoms with Crippen molar-refractivity contribution in [1.29, 1.82) is 0 Å². The Hall–Kier alpha value is -1.88. The lowest BCUT2D eigenvalue weighted by atomic mass is 9.55. The lowest BCUT2D eigenvalue weighted by Crippen LogP contribution is -2.50. The highest BCUT2D eigenvalue weighted by atomic mass is 16.6. The number of ether oxygens (including phenoxy) is 1. The fraction of sp³-hybridized carbons (Fsp3) is 0.692. The van der Waals surface area contributed by atoms with Gasteiger partial charge in [-0.3, -0.25) is 9.59 Å².